The van der Waals surface area contributed by atoms with Gasteiger partial charge in [0, 0.05) is 6.42 Å². The second-order valence-corrected chi connectivity index (χ2v) is 5.88. The van der Waals surface area contributed by atoms with Gasteiger partial charge in [0.25, 0.3) is 0 Å². The fourth-order valence-electron chi connectivity index (χ4n) is 2.15. The Bertz CT molecular complexity index is 617. The summed E-state index contributed by atoms with van der Waals surface area (Å²) >= 11 is 12.5. The Labute approximate surface area is 118 Å². The zero-order valence-corrected chi connectivity index (χ0v) is 11.2. The van der Waals surface area contributed by atoms with E-state index in [4.69, 9.17) is 38.8 Å². The summed E-state index contributed by atoms with van der Waals surface area (Å²) in [5.41, 5.74) is 6.66. The number of aromatic nitrogens is 4. The van der Waals surface area contributed by atoms with Crippen LogP contribution in [0.2, 0.25) is 0 Å². The molecule has 2 atom stereocenters. The predicted octanol–water partition coefficient (Wildman–Crippen LogP) is 0.862. The van der Waals surface area contributed by atoms with E-state index in [9.17, 15) is 0 Å². The number of ether oxygens (including phenoxy) is 1. The van der Waals surface area contributed by atoms with Gasteiger partial charge in [-0.2, -0.15) is 0 Å². The van der Waals surface area contributed by atoms with E-state index in [1.165, 1.54) is 12.7 Å². The summed E-state index contributed by atoms with van der Waals surface area (Å²) in [7, 11) is 0. The summed E-state index contributed by atoms with van der Waals surface area (Å²) < 4.78 is 6.06. The third-order valence-corrected chi connectivity index (χ3v) is 3.71. The number of hydrogen-bond acceptors (Lipinski definition) is 6. The van der Waals surface area contributed by atoms with Crippen molar-refractivity contribution in [2.24, 2.45) is 0 Å². The second-order valence-electron chi connectivity index (χ2n) is 4.34. The molecule has 19 heavy (non-hydrogen) atoms. The zero-order valence-electron chi connectivity index (χ0n) is 9.70. The minimum atomic E-state index is -1.17. The number of nitrogens with two attached hydrogens (primary N) is 1. The maximum Gasteiger partial charge on any atom is 0.170 e. The monoisotopic (exact) mass is 303 g/mol. The first-order valence-electron chi connectivity index (χ1n) is 5.60. The Morgan fingerprint density at radius 2 is 2.26 bits per heavy atom. The van der Waals surface area contributed by atoms with E-state index in [0.717, 1.165) is 0 Å². The maximum atomic E-state index is 9.16. The summed E-state index contributed by atoms with van der Waals surface area (Å²) in [5.74, 6) is 0.273. The molecule has 1 saturated heterocycles. The maximum absolute atomic E-state index is 9.16. The number of hydrogen-bond donors (Lipinski definition) is 2. The Morgan fingerprint density at radius 3 is 2.95 bits per heavy atom. The van der Waals surface area contributed by atoms with Crippen LogP contribution in [-0.2, 0) is 4.74 Å². The highest BCUT2D eigenvalue weighted by atomic mass is 35.5. The number of nitrogen functional groups attached to an aromatic ring is 1. The second kappa shape index (κ2) is 4.45. The van der Waals surface area contributed by atoms with E-state index >= 15 is 0 Å². The lowest BCUT2D eigenvalue weighted by molar-refractivity contribution is -0.0223. The van der Waals surface area contributed by atoms with Crippen LogP contribution in [0.3, 0.4) is 0 Å². The smallest absolute Gasteiger partial charge is 0.170 e. The van der Waals surface area contributed by atoms with Crippen molar-refractivity contribution in [1.82, 2.24) is 19.5 Å². The van der Waals surface area contributed by atoms with Crippen LogP contribution in [0.5, 0.6) is 0 Å². The van der Waals surface area contributed by atoms with Crippen LogP contribution in [0.15, 0.2) is 12.7 Å². The van der Waals surface area contributed by atoms with E-state index < -0.39 is 16.7 Å². The Kier molecular flexibility index (Phi) is 3.01. The third kappa shape index (κ3) is 2.02. The van der Waals surface area contributed by atoms with Crippen molar-refractivity contribution in [1.29, 1.82) is 0 Å². The molecule has 0 aromatic carbocycles. The Morgan fingerprint density at radius 1 is 1.47 bits per heavy atom. The molecule has 1 aliphatic heterocycles. The number of alkyl halides is 2. The summed E-state index contributed by atoms with van der Waals surface area (Å²) in [4.78, 5) is 12.1. The van der Waals surface area contributed by atoms with Gasteiger partial charge in [-0.15, -0.1) is 0 Å². The molecular weight excluding hydrogens is 293 g/mol. The van der Waals surface area contributed by atoms with Crippen LogP contribution in [0.1, 0.15) is 12.6 Å². The van der Waals surface area contributed by atoms with Crippen molar-refractivity contribution < 1.29 is 9.84 Å². The van der Waals surface area contributed by atoms with Crippen molar-refractivity contribution in [2.75, 3.05) is 12.3 Å². The fourth-order valence-corrected chi connectivity index (χ4v) is 2.81. The molecule has 0 aliphatic carbocycles. The quantitative estimate of drug-likeness (QED) is 0.798. The lowest BCUT2D eigenvalue weighted by Crippen LogP contribution is -2.23. The van der Waals surface area contributed by atoms with Gasteiger partial charge in [0.2, 0.25) is 0 Å². The van der Waals surface area contributed by atoms with Gasteiger partial charge in [-0.1, -0.05) is 23.2 Å². The molecule has 0 radical (unpaired) electrons. The number of imidazole rings is 1. The lowest BCUT2D eigenvalue weighted by atomic mass is 10.2. The molecule has 1 aliphatic rings. The van der Waals surface area contributed by atoms with Crippen molar-refractivity contribution in [2.45, 2.75) is 23.1 Å². The van der Waals surface area contributed by atoms with Crippen molar-refractivity contribution >= 4 is 40.2 Å². The molecule has 102 valence electrons. The fraction of sp³-hybridized carbons (Fsp3) is 0.500. The van der Waals surface area contributed by atoms with Crippen LogP contribution in [0, 0.1) is 0 Å². The first-order valence-corrected chi connectivity index (χ1v) is 6.35. The molecule has 7 nitrogen and oxygen atoms in total. The van der Waals surface area contributed by atoms with Gasteiger partial charge in [0.15, 0.2) is 22.0 Å². The van der Waals surface area contributed by atoms with Gasteiger partial charge in [-0.25, -0.2) is 15.0 Å². The minimum absolute atomic E-state index is 0.151. The van der Waals surface area contributed by atoms with Crippen molar-refractivity contribution in [3.63, 3.8) is 0 Å². The van der Waals surface area contributed by atoms with E-state index in [-0.39, 0.29) is 12.4 Å². The van der Waals surface area contributed by atoms with Crippen LogP contribution < -0.4 is 5.73 Å². The molecule has 1 fully saturated rings. The van der Waals surface area contributed by atoms with E-state index in [1.807, 2.05) is 0 Å². The highest BCUT2D eigenvalue weighted by molar-refractivity contribution is 6.48. The third-order valence-electron chi connectivity index (χ3n) is 3.03. The van der Waals surface area contributed by atoms with Crippen LogP contribution in [-0.4, -0.2) is 41.7 Å². The number of aliphatic hydroxyl groups excluding tert-OH is 1. The number of aliphatic hydroxyl groups is 1. The highest BCUT2D eigenvalue weighted by Gasteiger charge is 2.47. The Balaban J connectivity index is 2.07. The molecule has 0 spiro atoms. The lowest BCUT2D eigenvalue weighted by Gasteiger charge is -2.21. The summed E-state index contributed by atoms with van der Waals surface area (Å²) in [6.45, 7) is -0.151. The van der Waals surface area contributed by atoms with Crippen molar-refractivity contribution in [3.05, 3.63) is 12.7 Å². The molecule has 0 bridgehead atoms. The van der Waals surface area contributed by atoms with Gasteiger partial charge < -0.3 is 15.6 Å². The van der Waals surface area contributed by atoms with Crippen LogP contribution in [0.25, 0.3) is 11.2 Å². The molecule has 0 saturated carbocycles. The largest absolute Gasteiger partial charge is 0.394 e. The predicted molar refractivity (Wildman–Crippen MR) is 69.8 cm³/mol. The molecule has 2 unspecified atom stereocenters. The number of anilines is 1. The first kappa shape index (κ1) is 12.9. The van der Waals surface area contributed by atoms with E-state index in [0.29, 0.717) is 17.6 Å². The topological polar surface area (TPSA) is 99.1 Å². The first-order chi connectivity index (χ1) is 9.03. The molecular formula is C10H11Cl2N5O2. The van der Waals surface area contributed by atoms with Gasteiger partial charge >= 0.3 is 0 Å². The molecule has 3 N–H and O–H groups in total. The number of rotatable bonds is 2. The molecule has 2 aromatic heterocycles. The number of halogens is 2. The standard InChI is InChI=1S/C10H11Cl2N5O2/c11-10(12)1-5(2-18)19-9(10)17-4-16-6-7(13)14-3-15-8(6)17/h3-5,9,18H,1-2H2,(H2,13,14,15). The zero-order chi connectivity index (χ0) is 13.6. The average Bonchev–Trinajstić information content (AvgIpc) is 2.90. The SMILES string of the molecule is Nc1ncnc2c1ncn2C1OC(CO)CC1(Cl)Cl. The van der Waals surface area contributed by atoms with E-state index in [2.05, 4.69) is 15.0 Å². The van der Waals surface area contributed by atoms with Gasteiger partial charge in [0.05, 0.1) is 19.0 Å². The molecule has 3 heterocycles. The van der Waals surface area contributed by atoms with Gasteiger partial charge in [0.1, 0.15) is 11.8 Å². The molecule has 0 amide bonds. The van der Waals surface area contributed by atoms with Crippen LogP contribution >= 0.6 is 23.2 Å². The molecule has 9 heteroatoms. The van der Waals surface area contributed by atoms with Crippen molar-refractivity contribution in [3.8, 4) is 0 Å². The number of fused-ring (bicyclic) bond motifs is 1. The summed E-state index contributed by atoms with van der Waals surface area (Å²) in [6.07, 6.45) is 2.04. The molecule has 2 aromatic rings. The Hall–Kier alpha value is -1.15. The van der Waals surface area contributed by atoms with E-state index in [1.54, 1.807) is 4.57 Å². The summed E-state index contributed by atoms with van der Waals surface area (Å²) in [5, 5.41) is 9.16. The normalized spacial score (nSPS) is 26.1. The van der Waals surface area contributed by atoms with Gasteiger partial charge in [-0.05, 0) is 0 Å². The number of nitrogens with zero attached hydrogens (tertiary/aromatic N) is 4. The average molecular weight is 304 g/mol. The highest BCUT2D eigenvalue weighted by Crippen LogP contribution is 2.47. The summed E-state index contributed by atoms with van der Waals surface area (Å²) in [6, 6.07) is 0. The van der Waals surface area contributed by atoms with Crippen LogP contribution in [0.4, 0.5) is 5.82 Å². The minimum Gasteiger partial charge on any atom is -0.394 e. The molecule has 3 rings (SSSR count). The van der Waals surface area contributed by atoms with Gasteiger partial charge in [-0.3, -0.25) is 4.57 Å².